The predicted octanol–water partition coefficient (Wildman–Crippen LogP) is 2.18. The minimum absolute atomic E-state index is 0.146. The molecule has 5 nitrogen and oxygen atoms in total. The van der Waals surface area contributed by atoms with E-state index in [2.05, 4.69) is 10.3 Å². The fourth-order valence-electron chi connectivity index (χ4n) is 2.65. The van der Waals surface area contributed by atoms with E-state index >= 15 is 0 Å². The first-order chi connectivity index (χ1) is 9.26. The Hall–Kier alpha value is -1.34. The smallest absolute Gasteiger partial charge is 0.152 e. The lowest BCUT2D eigenvalue weighted by atomic mass is 10.0. The Kier molecular flexibility index (Phi) is 2.95. The molecule has 3 N–H and O–H groups in total. The maximum atomic E-state index is 11.7. The third kappa shape index (κ3) is 2.47. The van der Waals surface area contributed by atoms with E-state index in [0.29, 0.717) is 12.1 Å². The number of hydrogen-bond donors (Lipinski definition) is 2. The maximum Gasteiger partial charge on any atom is 0.152 e. The van der Waals surface area contributed by atoms with Crippen LogP contribution in [-0.4, -0.2) is 30.4 Å². The van der Waals surface area contributed by atoms with Gasteiger partial charge in [0.1, 0.15) is 0 Å². The van der Waals surface area contributed by atoms with Crippen molar-refractivity contribution >= 4 is 42.8 Å². The van der Waals surface area contributed by atoms with Crippen molar-refractivity contribution in [3.05, 3.63) is 17.1 Å². The van der Waals surface area contributed by atoms with E-state index in [9.17, 15) is 8.42 Å². The van der Waals surface area contributed by atoms with Crippen molar-refractivity contribution in [1.82, 2.24) is 4.98 Å². The van der Waals surface area contributed by atoms with E-state index in [1.807, 2.05) is 26.0 Å². The number of hydrogen-bond acceptors (Lipinski definition) is 6. The molecule has 1 aliphatic rings. The van der Waals surface area contributed by atoms with Crippen LogP contribution in [0.2, 0.25) is 0 Å². The van der Waals surface area contributed by atoms with Crippen LogP contribution in [0, 0.1) is 6.92 Å². The molecule has 7 heteroatoms. The zero-order chi connectivity index (χ0) is 14.5. The lowest BCUT2D eigenvalue weighted by Crippen LogP contribution is -2.36. The highest BCUT2D eigenvalue weighted by Crippen LogP contribution is 2.34. The summed E-state index contributed by atoms with van der Waals surface area (Å²) in [5, 5.41) is 4.29. The van der Waals surface area contributed by atoms with E-state index in [4.69, 9.17) is 5.73 Å². The number of nitrogens with one attached hydrogen (secondary N) is 1. The standard InChI is InChI=1S/C13H17N3O2S2/c1-8-15-11-6-10(9(14)5-12(11)19-8)16-13(2)3-4-20(17,18)7-13/h5-6,16H,3-4,7,14H2,1-2H3. The van der Waals surface area contributed by atoms with Crippen LogP contribution in [0.3, 0.4) is 0 Å². The van der Waals surface area contributed by atoms with Gasteiger partial charge in [0.2, 0.25) is 0 Å². The Bertz CT molecular complexity index is 782. The van der Waals surface area contributed by atoms with E-state index < -0.39 is 15.4 Å². The number of nitrogens with two attached hydrogens (primary N) is 1. The van der Waals surface area contributed by atoms with Crippen LogP contribution in [0.4, 0.5) is 11.4 Å². The largest absolute Gasteiger partial charge is 0.397 e. The zero-order valence-electron chi connectivity index (χ0n) is 11.4. The van der Waals surface area contributed by atoms with Crippen LogP contribution in [0.25, 0.3) is 10.2 Å². The van der Waals surface area contributed by atoms with Gasteiger partial charge in [0.25, 0.3) is 0 Å². The Balaban J connectivity index is 1.96. The Morgan fingerprint density at radius 2 is 2.20 bits per heavy atom. The number of benzene rings is 1. The zero-order valence-corrected chi connectivity index (χ0v) is 13.1. The first kappa shape index (κ1) is 13.6. The van der Waals surface area contributed by atoms with E-state index in [1.54, 1.807) is 11.3 Å². The van der Waals surface area contributed by atoms with Crippen molar-refractivity contribution < 1.29 is 8.42 Å². The molecule has 1 saturated heterocycles. The fraction of sp³-hybridized carbons (Fsp3) is 0.462. The van der Waals surface area contributed by atoms with Crippen LogP contribution in [0.5, 0.6) is 0 Å². The summed E-state index contributed by atoms with van der Waals surface area (Å²) in [6, 6.07) is 3.81. The summed E-state index contributed by atoms with van der Waals surface area (Å²) in [5.74, 6) is 0.377. The molecule has 1 aromatic carbocycles. The second-order valence-corrected chi connectivity index (χ2v) is 9.09. The molecule has 1 aliphatic heterocycles. The number of rotatable bonds is 2. The molecule has 0 radical (unpaired) electrons. The molecular weight excluding hydrogens is 294 g/mol. The highest BCUT2D eigenvalue weighted by atomic mass is 32.2. The van der Waals surface area contributed by atoms with Gasteiger partial charge in [-0.2, -0.15) is 0 Å². The number of aromatic nitrogens is 1. The number of aryl methyl sites for hydroxylation is 1. The highest BCUT2D eigenvalue weighted by molar-refractivity contribution is 7.91. The van der Waals surface area contributed by atoms with Gasteiger partial charge in [-0.15, -0.1) is 11.3 Å². The highest BCUT2D eigenvalue weighted by Gasteiger charge is 2.38. The molecule has 3 rings (SSSR count). The van der Waals surface area contributed by atoms with Crippen molar-refractivity contribution in [2.45, 2.75) is 25.8 Å². The van der Waals surface area contributed by atoms with Crippen LogP contribution in [-0.2, 0) is 9.84 Å². The summed E-state index contributed by atoms with van der Waals surface area (Å²) in [4.78, 5) is 4.45. The third-order valence-corrected chi connectivity index (χ3v) is 6.44. The van der Waals surface area contributed by atoms with Crippen LogP contribution in [0.15, 0.2) is 12.1 Å². The molecule has 2 heterocycles. The maximum absolute atomic E-state index is 11.7. The number of sulfone groups is 1. The lowest BCUT2D eigenvalue weighted by molar-refractivity contribution is 0.574. The number of nitrogen functional groups attached to an aromatic ring is 1. The summed E-state index contributed by atoms with van der Waals surface area (Å²) in [6.45, 7) is 3.88. The Morgan fingerprint density at radius 3 is 2.85 bits per heavy atom. The van der Waals surface area contributed by atoms with Gasteiger partial charge >= 0.3 is 0 Å². The molecule has 20 heavy (non-hydrogen) atoms. The topological polar surface area (TPSA) is 85.1 Å². The average Bonchev–Trinajstić information content (AvgIpc) is 2.78. The van der Waals surface area contributed by atoms with Crippen molar-refractivity contribution in [3.8, 4) is 0 Å². The quantitative estimate of drug-likeness (QED) is 0.830. The molecule has 1 atom stereocenters. The molecule has 1 unspecified atom stereocenters. The summed E-state index contributed by atoms with van der Waals surface area (Å²) in [6.07, 6.45) is 0.600. The monoisotopic (exact) mass is 311 g/mol. The first-order valence-electron chi connectivity index (χ1n) is 6.42. The normalized spacial score (nSPS) is 25.1. The SMILES string of the molecule is Cc1nc2cc(NC3(C)CCS(=O)(=O)C3)c(N)cc2s1. The molecule has 0 spiro atoms. The molecule has 0 aliphatic carbocycles. The number of nitrogens with zero attached hydrogens (tertiary/aromatic N) is 1. The van der Waals surface area contributed by atoms with Gasteiger partial charge in [0.15, 0.2) is 9.84 Å². The molecular formula is C13H17N3O2S2. The molecule has 108 valence electrons. The average molecular weight is 311 g/mol. The predicted molar refractivity (Wildman–Crippen MR) is 84.1 cm³/mol. The van der Waals surface area contributed by atoms with Gasteiger partial charge in [-0.05, 0) is 32.4 Å². The van der Waals surface area contributed by atoms with Crippen molar-refractivity contribution in [2.75, 3.05) is 22.6 Å². The second-order valence-electron chi connectivity index (χ2n) is 5.67. The van der Waals surface area contributed by atoms with Gasteiger partial charge in [-0.1, -0.05) is 0 Å². The third-order valence-electron chi connectivity index (χ3n) is 3.61. The number of thiazole rings is 1. The van der Waals surface area contributed by atoms with Crippen LogP contribution < -0.4 is 11.1 Å². The van der Waals surface area contributed by atoms with Crippen LogP contribution >= 0.6 is 11.3 Å². The van der Waals surface area contributed by atoms with E-state index in [-0.39, 0.29) is 11.5 Å². The van der Waals surface area contributed by atoms with Gasteiger partial charge < -0.3 is 11.1 Å². The summed E-state index contributed by atoms with van der Waals surface area (Å²) < 4.78 is 24.4. The second kappa shape index (κ2) is 4.33. The molecule has 0 saturated carbocycles. The van der Waals surface area contributed by atoms with Gasteiger partial charge in [0, 0.05) is 5.54 Å². The fourth-order valence-corrected chi connectivity index (χ4v) is 5.60. The van der Waals surface area contributed by atoms with E-state index in [1.165, 1.54) is 0 Å². The Morgan fingerprint density at radius 1 is 1.45 bits per heavy atom. The molecule has 0 amide bonds. The summed E-state index contributed by atoms with van der Waals surface area (Å²) >= 11 is 1.60. The lowest BCUT2D eigenvalue weighted by Gasteiger charge is -2.26. The van der Waals surface area contributed by atoms with Gasteiger partial charge in [-0.3, -0.25) is 0 Å². The van der Waals surface area contributed by atoms with E-state index in [0.717, 1.165) is 20.9 Å². The van der Waals surface area contributed by atoms with Crippen molar-refractivity contribution in [1.29, 1.82) is 0 Å². The summed E-state index contributed by atoms with van der Waals surface area (Å²) in [7, 11) is -2.94. The summed E-state index contributed by atoms with van der Waals surface area (Å²) in [5.41, 5.74) is 7.91. The molecule has 1 aromatic heterocycles. The van der Waals surface area contributed by atoms with Gasteiger partial charge in [-0.25, -0.2) is 13.4 Å². The first-order valence-corrected chi connectivity index (χ1v) is 9.05. The van der Waals surface area contributed by atoms with Crippen molar-refractivity contribution in [2.24, 2.45) is 0 Å². The molecule has 1 fully saturated rings. The van der Waals surface area contributed by atoms with Crippen LogP contribution in [0.1, 0.15) is 18.4 Å². The minimum atomic E-state index is -2.94. The minimum Gasteiger partial charge on any atom is -0.397 e. The molecule has 0 bridgehead atoms. The Labute approximate surface area is 122 Å². The number of fused-ring (bicyclic) bond motifs is 1. The van der Waals surface area contributed by atoms with Crippen molar-refractivity contribution in [3.63, 3.8) is 0 Å². The molecule has 2 aromatic rings. The van der Waals surface area contributed by atoms with Gasteiger partial charge in [0.05, 0.1) is 38.1 Å². The number of anilines is 2.